The minimum Gasteiger partial charge on any atom is -0.480 e. The summed E-state index contributed by atoms with van der Waals surface area (Å²) in [5, 5.41) is 12.6. The number of aliphatic carboxylic acids is 1. The molecule has 2 aliphatic rings. The van der Waals surface area contributed by atoms with E-state index >= 15 is 0 Å². The number of H-pyrrole nitrogens is 1. The third kappa shape index (κ3) is 2.55. The number of carboxylic acid groups (broad SMARTS) is 1. The largest absolute Gasteiger partial charge is 0.480 e. The molecule has 0 atom stereocenters. The number of anilines is 1. The molecular formula is C14H19N3O3. The van der Waals surface area contributed by atoms with Gasteiger partial charge in [0.05, 0.1) is 0 Å². The van der Waals surface area contributed by atoms with Crippen LogP contribution in [0.4, 0.5) is 5.82 Å². The molecule has 2 saturated carbocycles. The zero-order chi connectivity index (χ0) is 14.2. The Morgan fingerprint density at radius 3 is 2.65 bits per heavy atom. The summed E-state index contributed by atoms with van der Waals surface area (Å²) >= 11 is 0. The predicted molar refractivity (Wildman–Crippen MR) is 73.9 cm³/mol. The molecule has 0 saturated heterocycles. The highest BCUT2D eigenvalue weighted by atomic mass is 16.4. The molecule has 1 aromatic heterocycles. The van der Waals surface area contributed by atoms with Gasteiger partial charge in [0.25, 0.3) is 5.56 Å². The molecule has 6 nitrogen and oxygen atoms in total. The Morgan fingerprint density at radius 1 is 1.35 bits per heavy atom. The van der Waals surface area contributed by atoms with Crippen LogP contribution in [0.2, 0.25) is 0 Å². The zero-order valence-electron chi connectivity index (χ0n) is 11.3. The molecule has 108 valence electrons. The van der Waals surface area contributed by atoms with Crippen LogP contribution in [0.3, 0.4) is 0 Å². The molecule has 3 N–H and O–H groups in total. The van der Waals surface area contributed by atoms with Gasteiger partial charge in [0.1, 0.15) is 17.2 Å². The van der Waals surface area contributed by atoms with Gasteiger partial charge in [-0.15, -0.1) is 0 Å². The van der Waals surface area contributed by atoms with Gasteiger partial charge in [0.2, 0.25) is 0 Å². The van der Waals surface area contributed by atoms with E-state index in [-0.39, 0.29) is 5.56 Å². The summed E-state index contributed by atoms with van der Waals surface area (Å²) in [7, 11) is 0. The molecule has 0 aromatic carbocycles. The Morgan fingerprint density at radius 2 is 2.05 bits per heavy atom. The molecule has 0 aliphatic heterocycles. The Hall–Kier alpha value is -1.85. The standard InChI is InChI=1S/C14H19N3O3/c18-11-8-10(15-12(16-11)9-4-5-9)17-14(13(19)20)6-2-1-3-7-14/h8-9H,1-7H2,(H,19,20)(H2,15,16,17,18). The summed E-state index contributed by atoms with van der Waals surface area (Å²) in [6.45, 7) is 0. The molecule has 2 fully saturated rings. The van der Waals surface area contributed by atoms with Crippen molar-refractivity contribution in [3.05, 3.63) is 22.2 Å². The van der Waals surface area contributed by atoms with Gasteiger partial charge < -0.3 is 15.4 Å². The first-order valence-electron chi connectivity index (χ1n) is 7.22. The van der Waals surface area contributed by atoms with Crippen molar-refractivity contribution in [3.63, 3.8) is 0 Å². The van der Waals surface area contributed by atoms with Gasteiger partial charge in [-0.1, -0.05) is 19.3 Å². The number of carbonyl (C=O) groups is 1. The second-order valence-electron chi connectivity index (χ2n) is 5.86. The summed E-state index contributed by atoms with van der Waals surface area (Å²) in [5.74, 6) is 0.542. The van der Waals surface area contributed by atoms with E-state index in [2.05, 4.69) is 15.3 Å². The molecule has 0 radical (unpaired) electrons. The van der Waals surface area contributed by atoms with Crippen LogP contribution in [0.15, 0.2) is 10.9 Å². The Balaban J connectivity index is 1.88. The molecule has 20 heavy (non-hydrogen) atoms. The van der Waals surface area contributed by atoms with Crippen LogP contribution in [0.1, 0.15) is 56.7 Å². The third-order valence-electron chi connectivity index (χ3n) is 4.21. The number of carboxylic acids is 1. The van der Waals surface area contributed by atoms with E-state index in [1.807, 2.05) is 0 Å². The first kappa shape index (κ1) is 13.1. The third-order valence-corrected chi connectivity index (χ3v) is 4.21. The molecule has 0 amide bonds. The average Bonchev–Trinajstić information content (AvgIpc) is 3.23. The monoisotopic (exact) mass is 277 g/mol. The van der Waals surface area contributed by atoms with Crippen molar-refractivity contribution in [1.29, 1.82) is 0 Å². The fraction of sp³-hybridized carbons (Fsp3) is 0.643. The number of aromatic amines is 1. The summed E-state index contributed by atoms with van der Waals surface area (Å²) in [5.41, 5.74) is -1.19. The van der Waals surface area contributed by atoms with Crippen LogP contribution in [0, 0.1) is 0 Å². The first-order valence-corrected chi connectivity index (χ1v) is 7.22. The average molecular weight is 277 g/mol. The summed E-state index contributed by atoms with van der Waals surface area (Å²) in [6.07, 6.45) is 6.07. The van der Waals surface area contributed by atoms with Crippen molar-refractivity contribution in [2.75, 3.05) is 5.32 Å². The van der Waals surface area contributed by atoms with Crippen LogP contribution in [-0.2, 0) is 4.79 Å². The van der Waals surface area contributed by atoms with Crippen molar-refractivity contribution in [1.82, 2.24) is 9.97 Å². The van der Waals surface area contributed by atoms with Crippen LogP contribution in [-0.4, -0.2) is 26.6 Å². The Labute approximate surface area is 116 Å². The zero-order valence-corrected chi connectivity index (χ0v) is 11.3. The Kier molecular flexibility index (Phi) is 3.23. The van der Waals surface area contributed by atoms with E-state index in [4.69, 9.17) is 0 Å². The van der Waals surface area contributed by atoms with Crippen LogP contribution < -0.4 is 10.9 Å². The fourth-order valence-corrected chi connectivity index (χ4v) is 2.88. The second-order valence-corrected chi connectivity index (χ2v) is 5.86. The summed E-state index contributed by atoms with van der Waals surface area (Å²) in [4.78, 5) is 30.4. The van der Waals surface area contributed by atoms with Gasteiger partial charge >= 0.3 is 5.97 Å². The highest BCUT2D eigenvalue weighted by molar-refractivity contribution is 5.82. The summed E-state index contributed by atoms with van der Waals surface area (Å²) < 4.78 is 0. The van der Waals surface area contributed by atoms with Crippen molar-refractivity contribution in [2.24, 2.45) is 0 Å². The lowest BCUT2D eigenvalue weighted by Crippen LogP contribution is -2.48. The number of aromatic nitrogens is 2. The van der Waals surface area contributed by atoms with Gasteiger partial charge in [-0.25, -0.2) is 9.78 Å². The molecule has 1 aromatic rings. The summed E-state index contributed by atoms with van der Waals surface area (Å²) in [6, 6.07) is 1.35. The number of hydrogen-bond donors (Lipinski definition) is 3. The molecular weight excluding hydrogens is 258 g/mol. The lowest BCUT2D eigenvalue weighted by atomic mass is 9.81. The van der Waals surface area contributed by atoms with E-state index in [9.17, 15) is 14.7 Å². The number of nitrogens with zero attached hydrogens (tertiary/aromatic N) is 1. The van der Waals surface area contributed by atoms with E-state index < -0.39 is 11.5 Å². The second kappa shape index (κ2) is 4.92. The van der Waals surface area contributed by atoms with E-state index in [1.165, 1.54) is 6.07 Å². The molecule has 0 bridgehead atoms. The lowest BCUT2D eigenvalue weighted by molar-refractivity contribution is -0.143. The van der Waals surface area contributed by atoms with Crippen molar-refractivity contribution >= 4 is 11.8 Å². The van der Waals surface area contributed by atoms with Crippen LogP contribution in [0.25, 0.3) is 0 Å². The van der Waals surface area contributed by atoms with Gasteiger partial charge in [0, 0.05) is 12.0 Å². The highest BCUT2D eigenvalue weighted by Crippen LogP contribution is 2.38. The first-order chi connectivity index (χ1) is 9.59. The Bertz CT molecular complexity index is 571. The van der Waals surface area contributed by atoms with Crippen molar-refractivity contribution in [3.8, 4) is 0 Å². The van der Waals surface area contributed by atoms with E-state index in [0.29, 0.717) is 30.4 Å². The molecule has 0 unspecified atom stereocenters. The number of rotatable bonds is 4. The molecule has 0 spiro atoms. The maximum Gasteiger partial charge on any atom is 0.329 e. The van der Waals surface area contributed by atoms with Crippen molar-refractivity contribution in [2.45, 2.75) is 56.4 Å². The highest BCUT2D eigenvalue weighted by Gasteiger charge is 2.40. The maximum atomic E-state index is 11.7. The van der Waals surface area contributed by atoms with Gasteiger partial charge in [-0.05, 0) is 25.7 Å². The number of hydrogen-bond acceptors (Lipinski definition) is 4. The number of nitrogens with one attached hydrogen (secondary N) is 2. The minimum atomic E-state index is -0.972. The van der Waals surface area contributed by atoms with Gasteiger partial charge in [0.15, 0.2) is 0 Å². The lowest BCUT2D eigenvalue weighted by Gasteiger charge is -2.34. The normalized spacial score (nSPS) is 21.4. The molecule has 2 aliphatic carbocycles. The fourth-order valence-electron chi connectivity index (χ4n) is 2.88. The van der Waals surface area contributed by atoms with Gasteiger partial charge in [-0.3, -0.25) is 4.79 Å². The van der Waals surface area contributed by atoms with Crippen LogP contribution >= 0.6 is 0 Å². The van der Waals surface area contributed by atoms with Crippen LogP contribution in [0.5, 0.6) is 0 Å². The smallest absolute Gasteiger partial charge is 0.329 e. The predicted octanol–water partition coefficient (Wildman–Crippen LogP) is 1.85. The topological polar surface area (TPSA) is 95.1 Å². The molecule has 3 rings (SSSR count). The van der Waals surface area contributed by atoms with E-state index in [1.54, 1.807) is 0 Å². The van der Waals surface area contributed by atoms with Crippen molar-refractivity contribution < 1.29 is 9.90 Å². The molecule has 1 heterocycles. The minimum absolute atomic E-state index is 0.222. The van der Waals surface area contributed by atoms with Gasteiger partial charge in [-0.2, -0.15) is 0 Å². The maximum absolute atomic E-state index is 11.7. The molecule has 6 heteroatoms. The quantitative estimate of drug-likeness (QED) is 0.780. The SMILES string of the molecule is O=C(O)C1(Nc2cc(=O)[nH]c(C3CC3)n2)CCCCC1. The van der Waals surface area contributed by atoms with E-state index in [0.717, 1.165) is 32.1 Å².